The molecule has 0 saturated heterocycles. The molecule has 2 unspecified atom stereocenters. The van der Waals surface area contributed by atoms with Gasteiger partial charge in [0.25, 0.3) is 0 Å². The van der Waals surface area contributed by atoms with Crippen molar-refractivity contribution in [3.05, 3.63) is 22.8 Å². The predicted octanol–water partition coefficient (Wildman–Crippen LogP) is 7.66. The summed E-state index contributed by atoms with van der Waals surface area (Å²) in [5.41, 5.74) is 4.56. The molecule has 32 heavy (non-hydrogen) atoms. The Morgan fingerprint density at radius 3 is 2.41 bits per heavy atom. The summed E-state index contributed by atoms with van der Waals surface area (Å²) in [5, 5.41) is 10.8. The van der Waals surface area contributed by atoms with E-state index in [-0.39, 0.29) is 27.8 Å². The number of rotatable bonds is 5. The van der Waals surface area contributed by atoms with E-state index >= 15 is 0 Å². The van der Waals surface area contributed by atoms with Crippen molar-refractivity contribution in [3.63, 3.8) is 0 Å². The van der Waals surface area contributed by atoms with Gasteiger partial charge in [-0.25, -0.2) is 0 Å². The molecule has 0 aromatic heterocycles. The van der Waals surface area contributed by atoms with E-state index in [2.05, 4.69) is 54.5 Å². The Hall–Kier alpha value is -0.890. The third kappa shape index (κ3) is 3.25. The Kier molecular flexibility index (Phi) is 6.14. The molecule has 0 aromatic rings. The predicted molar refractivity (Wildman–Crippen MR) is 133 cm³/mol. The van der Waals surface area contributed by atoms with Gasteiger partial charge >= 0.3 is 0 Å². The molecular formula is C30H48O2. The molecular weight excluding hydrogens is 392 g/mol. The minimum Gasteiger partial charge on any atom is -0.393 e. The van der Waals surface area contributed by atoms with Crippen molar-refractivity contribution in [2.24, 2.45) is 39.4 Å². The summed E-state index contributed by atoms with van der Waals surface area (Å²) in [6.45, 7) is 16.4. The number of allylic oxidation sites excluding steroid dienone is 4. The first-order valence-electron chi connectivity index (χ1n) is 13.4. The van der Waals surface area contributed by atoms with Gasteiger partial charge in [0.15, 0.2) is 0 Å². The van der Waals surface area contributed by atoms with Gasteiger partial charge in [-0.05, 0) is 112 Å². The maximum Gasteiger partial charge on any atom is 0.130 e. The number of fused-ring (bicyclic) bond motifs is 4. The lowest BCUT2D eigenvalue weighted by Gasteiger charge is -2.61. The van der Waals surface area contributed by atoms with Gasteiger partial charge in [0, 0.05) is 0 Å². The first-order chi connectivity index (χ1) is 14.9. The zero-order valence-electron chi connectivity index (χ0n) is 21.9. The number of aldehydes is 1. The Balaban J connectivity index is 1.70. The molecule has 2 fully saturated rings. The largest absolute Gasteiger partial charge is 0.393 e. The summed E-state index contributed by atoms with van der Waals surface area (Å²) in [5.74, 6) is 1.82. The van der Waals surface area contributed by atoms with Crippen LogP contribution in [-0.4, -0.2) is 17.5 Å². The Morgan fingerprint density at radius 1 is 1.03 bits per heavy atom. The van der Waals surface area contributed by atoms with Crippen LogP contribution in [-0.2, 0) is 4.79 Å². The van der Waals surface area contributed by atoms with Crippen molar-refractivity contribution in [3.8, 4) is 0 Å². The van der Waals surface area contributed by atoms with Crippen LogP contribution in [0.1, 0.15) is 113 Å². The summed E-state index contributed by atoms with van der Waals surface area (Å²) in [6, 6.07) is 0. The summed E-state index contributed by atoms with van der Waals surface area (Å²) in [7, 11) is 0. The fourth-order valence-electron chi connectivity index (χ4n) is 9.42. The number of hydrogen-bond acceptors (Lipinski definition) is 2. The SMILES string of the molecule is CC(C)=CCC[C@@H](C)C1CC[C@@]2(C=O)C3=C(CC[C@]12C)[C@@]1(C)CC[C@H](O)C(C)(C)C1CC3. The van der Waals surface area contributed by atoms with Gasteiger partial charge in [-0.2, -0.15) is 0 Å². The molecule has 2 heteroatoms. The monoisotopic (exact) mass is 440 g/mol. The molecule has 2 saturated carbocycles. The van der Waals surface area contributed by atoms with Crippen LogP contribution in [0.5, 0.6) is 0 Å². The van der Waals surface area contributed by atoms with Crippen molar-refractivity contribution >= 4 is 6.29 Å². The molecule has 0 amide bonds. The second-order valence-electron chi connectivity index (χ2n) is 13.3. The third-order valence-corrected chi connectivity index (χ3v) is 11.4. The molecule has 0 aliphatic heterocycles. The second-order valence-corrected chi connectivity index (χ2v) is 13.3. The smallest absolute Gasteiger partial charge is 0.130 e. The standard InChI is InChI=1S/C30H48O2/c1-20(2)9-8-10-21(3)22-14-18-30(19-31)24-11-12-25-27(4,5)26(32)15-16-28(25,6)23(24)13-17-29(22,30)7/h9,19,21-22,25-26,32H,8,10-18H2,1-7H3/t21-,22?,25?,26+,28-,29-,30-/m1/s1. The van der Waals surface area contributed by atoms with Crippen molar-refractivity contribution in [2.75, 3.05) is 0 Å². The number of aliphatic hydroxyl groups excluding tert-OH is 1. The summed E-state index contributed by atoms with van der Waals surface area (Å²) < 4.78 is 0. The molecule has 4 aliphatic rings. The summed E-state index contributed by atoms with van der Waals surface area (Å²) in [4.78, 5) is 13.1. The zero-order valence-corrected chi connectivity index (χ0v) is 21.9. The fraction of sp³-hybridized carbons (Fsp3) is 0.833. The number of aliphatic hydroxyl groups is 1. The van der Waals surface area contributed by atoms with Crippen LogP contribution < -0.4 is 0 Å². The Morgan fingerprint density at radius 2 is 1.75 bits per heavy atom. The van der Waals surface area contributed by atoms with Gasteiger partial charge in [-0.15, -0.1) is 0 Å². The molecule has 0 bridgehead atoms. The fourth-order valence-corrected chi connectivity index (χ4v) is 9.42. The van der Waals surface area contributed by atoms with Gasteiger partial charge in [0.1, 0.15) is 6.29 Å². The molecule has 180 valence electrons. The Labute approximate surface area is 197 Å². The number of carbonyl (C=O) groups is 1. The summed E-state index contributed by atoms with van der Waals surface area (Å²) >= 11 is 0. The van der Waals surface area contributed by atoms with E-state index in [1.165, 1.54) is 24.7 Å². The van der Waals surface area contributed by atoms with Gasteiger partial charge < -0.3 is 9.90 Å². The van der Waals surface area contributed by atoms with Crippen LogP contribution in [0.2, 0.25) is 0 Å². The van der Waals surface area contributed by atoms with E-state index in [9.17, 15) is 9.90 Å². The molecule has 0 radical (unpaired) electrons. The highest BCUT2D eigenvalue weighted by molar-refractivity contribution is 5.70. The highest BCUT2D eigenvalue weighted by Crippen LogP contribution is 2.72. The molecule has 7 atom stereocenters. The normalized spacial score (nSPS) is 43.7. The van der Waals surface area contributed by atoms with Crippen LogP contribution in [0.4, 0.5) is 0 Å². The summed E-state index contributed by atoms with van der Waals surface area (Å²) in [6.07, 6.45) is 14.7. The van der Waals surface area contributed by atoms with Gasteiger partial charge in [0.2, 0.25) is 0 Å². The third-order valence-electron chi connectivity index (χ3n) is 11.4. The van der Waals surface area contributed by atoms with E-state index in [1.54, 1.807) is 11.1 Å². The van der Waals surface area contributed by atoms with Crippen molar-refractivity contribution < 1.29 is 9.90 Å². The maximum absolute atomic E-state index is 13.1. The minimum atomic E-state index is -0.246. The molecule has 2 nitrogen and oxygen atoms in total. The van der Waals surface area contributed by atoms with Gasteiger partial charge in [0.05, 0.1) is 11.5 Å². The maximum atomic E-state index is 13.1. The van der Waals surface area contributed by atoms with E-state index in [4.69, 9.17) is 0 Å². The molecule has 0 aromatic carbocycles. The van der Waals surface area contributed by atoms with E-state index < -0.39 is 0 Å². The number of carbonyl (C=O) groups excluding carboxylic acids is 1. The van der Waals surface area contributed by atoms with Crippen LogP contribution in [0.3, 0.4) is 0 Å². The average molecular weight is 441 g/mol. The van der Waals surface area contributed by atoms with Gasteiger partial charge in [-0.1, -0.05) is 57.4 Å². The molecule has 1 N–H and O–H groups in total. The van der Waals surface area contributed by atoms with E-state index in [0.29, 0.717) is 17.8 Å². The van der Waals surface area contributed by atoms with Crippen LogP contribution in [0, 0.1) is 39.4 Å². The Bertz CT molecular complexity index is 815. The van der Waals surface area contributed by atoms with Crippen LogP contribution in [0.25, 0.3) is 0 Å². The molecule has 4 aliphatic carbocycles. The first kappa shape index (κ1) is 24.2. The second kappa shape index (κ2) is 8.10. The first-order valence-corrected chi connectivity index (χ1v) is 13.4. The van der Waals surface area contributed by atoms with Crippen molar-refractivity contribution in [1.82, 2.24) is 0 Å². The minimum absolute atomic E-state index is 0.0434. The average Bonchev–Trinajstić information content (AvgIpc) is 3.04. The lowest BCUT2D eigenvalue weighted by molar-refractivity contribution is -0.124. The molecule has 0 spiro atoms. The van der Waals surface area contributed by atoms with Crippen molar-refractivity contribution in [1.29, 1.82) is 0 Å². The van der Waals surface area contributed by atoms with Crippen LogP contribution >= 0.6 is 0 Å². The van der Waals surface area contributed by atoms with Gasteiger partial charge in [-0.3, -0.25) is 0 Å². The quantitative estimate of drug-likeness (QED) is 0.352. The lowest BCUT2D eigenvalue weighted by Crippen LogP contribution is -2.55. The lowest BCUT2D eigenvalue weighted by atomic mass is 9.43. The van der Waals surface area contributed by atoms with Crippen LogP contribution in [0.15, 0.2) is 22.8 Å². The highest BCUT2D eigenvalue weighted by atomic mass is 16.3. The number of hydrogen-bond donors (Lipinski definition) is 1. The van der Waals surface area contributed by atoms with Crippen molar-refractivity contribution in [2.45, 2.75) is 119 Å². The van der Waals surface area contributed by atoms with E-state index in [1.807, 2.05) is 0 Å². The van der Waals surface area contributed by atoms with E-state index in [0.717, 1.165) is 51.4 Å². The highest BCUT2D eigenvalue weighted by Gasteiger charge is 2.65. The zero-order chi connectivity index (χ0) is 23.5. The molecule has 0 heterocycles. The topological polar surface area (TPSA) is 37.3 Å². The molecule has 4 rings (SSSR count).